The molecule has 3 nitrogen and oxygen atoms in total. The lowest BCUT2D eigenvalue weighted by Crippen LogP contribution is -2.17. The van der Waals surface area contributed by atoms with Crippen LogP contribution < -0.4 is 0 Å². The minimum absolute atomic E-state index is 0.0755. The molecule has 3 heteroatoms. The number of nitrogens with zero attached hydrogens (tertiary/aromatic N) is 1. The lowest BCUT2D eigenvalue weighted by Gasteiger charge is -2.27. The molecule has 162 valence electrons. The number of aromatic nitrogens is 1. The van der Waals surface area contributed by atoms with Crippen molar-refractivity contribution in [3.63, 3.8) is 0 Å². The van der Waals surface area contributed by atoms with Crippen molar-refractivity contribution in [1.29, 1.82) is 0 Å². The first kappa shape index (κ1) is 20.6. The molecular formula is C29H29NO2. The van der Waals surface area contributed by atoms with Crippen molar-refractivity contribution in [2.75, 3.05) is 0 Å². The highest BCUT2D eigenvalue weighted by Crippen LogP contribution is 2.44. The van der Waals surface area contributed by atoms with Crippen LogP contribution in [-0.4, -0.2) is 10.1 Å². The molecule has 0 amide bonds. The van der Waals surface area contributed by atoms with Gasteiger partial charge in [0.05, 0.1) is 5.56 Å². The molecule has 0 spiro atoms. The van der Waals surface area contributed by atoms with Gasteiger partial charge in [-0.25, -0.2) is 4.98 Å². The summed E-state index contributed by atoms with van der Waals surface area (Å²) in [6.45, 7) is 12.9. The predicted molar refractivity (Wildman–Crippen MR) is 134 cm³/mol. The van der Waals surface area contributed by atoms with E-state index >= 15 is 0 Å². The van der Waals surface area contributed by atoms with Crippen LogP contribution in [0.25, 0.3) is 44.1 Å². The largest absolute Gasteiger partial charge is 0.507 e. The van der Waals surface area contributed by atoms with E-state index in [9.17, 15) is 5.11 Å². The highest BCUT2D eigenvalue weighted by atomic mass is 16.3. The molecule has 0 atom stereocenters. The number of benzene rings is 4. The van der Waals surface area contributed by atoms with Gasteiger partial charge in [0, 0.05) is 16.3 Å². The third-order valence-electron chi connectivity index (χ3n) is 6.29. The zero-order valence-electron chi connectivity index (χ0n) is 19.6. The topological polar surface area (TPSA) is 46.3 Å². The van der Waals surface area contributed by atoms with E-state index in [0.717, 1.165) is 43.8 Å². The van der Waals surface area contributed by atoms with Gasteiger partial charge in [0.15, 0.2) is 5.58 Å². The van der Waals surface area contributed by atoms with E-state index in [1.165, 1.54) is 0 Å². The average Bonchev–Trinajstić information content (AvgIpc) is 3.18. The summed E-state index contributed by atoms with van der Waals surface area (Å²) in [6.07, 6.45) is 0. The Kier molecular flexibility index (Phi) is 4.39. The van der Waals surface area contributed by atoms with Crippen molar-refractivity contribution in [2.45, 2.75) is 52.4 Å². The maximum Gasteiger partial charge on any atom is 0.231 e. The summed E-state index contributed by atoms with van der Waals surface area (Å²) in [4.78, 5) is 4.94. The second kappa shape index (κ2) is 6.83. The average molecular weight is 424 g/mol. The molecule has 32 heavy (non-hydrogen) atoms. The first-order chi connectivity index (χ1) is 15.1. The lowest BCUT2D eigenvalue weighted by atomic mass is 9.79. The number of oxazole rings is 1. The number of fused-ring (bicyclic) bond motifs is 6. The van der Waals surface area contributed by atoms with Crippen LogP contribution in [0, 0.1) is 0 Å². The van der Waals surface area contributed by atoms with E-state index in [1.807, 2.05) is 24.3 Å². The Morgan fingerprint density at radius 3 is 1.88 bits per heavy atom. The van der Waals surface area contributed by atoms with Gasteiger partial charge in [-0.2, -0.15) is 0 Å². The molecule has 0 saturated heterocycles. The van der Waals surface area contributed by atoms with Gasteiger partial charge in [-0.1, -0.05) is 96.1 Å². The number of hydrogen-bond donors (Lipinski definition) is 1. The monoisotopic (exact) mass is 423 g/mol. The Bertz CT molecular complexity index is 1420. The van der Waals surface area contributed by atoms with Crippen molar-refractivity contribution in [1.82, 2.24) is 4.98 Å². The molecule has 1 N–H and O–H groups in total. The molecule has 4 aromatic carbocycles. The summed E-state index contributed by atoms with van der Waals surface area (Å²) in [5.41, 5.74) is 3.98. The third-order valence-corrected chi connectivity index (χ3v) is 6.29. The summed E-state index contributed by atoms with van der Waals surface area (Å²) in [6, 6.07) is 20.7. The molecule has 1 heterocycles. The standard InChI is InChI=1S/C29H29NO2/c1-28(2,3)17-15-22(25(31)23(16-17)29(4,5)6)27-30-24-20-13-9-7-11-18(20)19-12-8-10-14-21(19)26(24)32-27/h7-16,31H,1-6H3. The van der Waals surface area contributed by atoms with Crippen molar-refractivity contribution < 1.29 is 9.52 Å². The van der Waals surface area contributed by atoms with Crippen LogP contribution in [0.4, 0.5) is 0 Å². The second-order valence-electron chi connectivity index (χ2n) is 10.7. The zero-order chi connectivity index (χ0) is 22.8. The Labute approximate surface area is 188 Å². The zero-order valence-corrected chi connectivity index (χ0v) is 19.6. The molecule has 5 rings (SSSR count). The van der Waals surface area contributed by atoms with Gasteiger partial charge in [-0.3, -0.25) is 0 Å². The van der Waals surface area contributed by atoms with Crippen LogP contribution in [0.15, 0.2) is 65.1 Å². The van der Waals surface area contributed by atoms with E-state index in [1.54, 1.807) is 0 Å². The number of phenols is 1. The predicted octanol–water partition coefficient (Wildman–Crippen LogP) is 8.10. The van der Waals surface area contributed by atoms with Gasteiger partial charge in [0.25, 0.3) is 0 Å². The smallest absolute Gasteiger partial charge is 0.231 e. The Balaban J connectivity index is 1.89. The minimum atomic E-state index is -0.217. The Hall–Kier alpha value is -3.33. The van der Waals surface area contributed by atoms with Gasteiger partial charge in [0.1, 0.15) is 11.3 Å². The van der Waals surface area contributed by atoms with Gasteiger partial charge in [0.2, 0.25) is 5.89 Å². The van der Waals surface area contributed by atoms with Crippen molar-refractivity contribution >= 4 is 32.6 Å². The lowest BCUT2D eigenvalue weighted by molar-refractivity contribution is 0.444. The number of rotatable bonds is 1. The van der Waals surface area contributed by atoms with Crippen molar-refractivity contribution in [3.05, 3.63) is 71.8 Å². The van der Waals surface area contributed by atoms with E-state index in [4.69, 9.17) is 9.40 Å². The fourth-order valence-electron chi connectivity index (χ4n) is 4.44. The summed E-state index contributed by atoms with van der Waals surface area (Å²) >= 11 is 0. The molecule has 0 saturated carbocycles. The summed E-state index contributed by atoms with van der Waals surface area (Å²) in [7, 11) is 0. The fourth-order valence-corrected chi connectivity index (χ4v) is 4.44. The first-order valence-electron chi connectivity index (χ1n) is 11.1. The van der Waals surface area contributed by atoms with Crippen LogP contribution in [0.3, 0.4) is 0 Å². The minimum Gasteiger partial charge on any atom is -0.507 e. The number of aromatic hydroxyl groups is 1. The third kappa shape index (κ3) is 3.15. The van der Waals surface area contributed by atoms with Crippen LogP contribution >= 0.6 is 0 Å². The van der Waals surface area contributed by atoms with Crippen molar-refractivity contribution in [2.24, 2.45) is 0 Å². The normalized spacial score (nSPS) is 12.8. The highest BCUT2D eigenvalue weighted by molar-refractivity contribution is 6.22. The molecule has 0 aliphatic carbocycles. The van der Waals surface area contributed by atoms with Gasteiger partial charge in [-0.15, -0.1) is 0 Å². The summed E-state index contributed by atoms with van der Waals surface area (Å²) < 4.78 is 6.42. The van der Waals surface area contributed by atoms with Crippen LogP contribution in [-0.2, 0) is 10.8 Å². The quantitative estimate of drug-likeness (QED) is 0.277. The van der Waals surface area contributed by atoms with Crippen molar-refractivity contribution in [3.8, 4) is 17.2 Å². The molecule has 0 aliphatic heterocycles. The molecule has 0 bridgehead atoms. The SMILES string of the molecule is CC(C)(C)c1cc(-c2nc3c4ccccc4c4ccccc4c3o2)c(O)c(C(C)(C)C)c1. The fraction of sp³-hybridized carbons (Fsp3) is 0.276. The molecule has 1 aromatic heterocycles. The van der Waals surface area contributed by atoms with Crippen LogP contribution in [0.1, 0.15) is 52.7 Å². The number of hydrogen-bond acceptors (Lipinski definition) is 3. The van der Waals surface area contributed by atoms with E-state index < -0.39 is 0 Å². The first-order valence-corrected chi connectivity index (χ1v) is 11.1. The van der Waals surface area contributed by atoms with E-state index in [-0.39, 0.29) is 16.6 Å². The second-order valence-corrected chi connectivity index (χ2v) is 10.7. The Morgan fingerprint density at radius 2 is 1.28 bits per heavy atom. The van der Waals surface area contributed by atoms with E-state index in [0.29, 0.717) is 11.5 Å². The van der Waals surface area contributed by atoms with Gasteiger partial charge < -0.3 is 9.52 Å². The van der Waals surface area contributed by atoms with Gasteiger partial charge in [-0.05, 0) is 33.2 Å². The van der Waals surface area contributed by atoms with E-state index in [2.05, 4.69) is 77.9 Å². The van der Waals surface area contributed by atoms with Gasteiger partial charge >= 0.3 is 0 Å². The molecule has 0 unspecified atom stereocenters. The molecule has 0 aliphatic rings. The Morgan fingerprint density at radius 1 is 0.719 bits per heavy atom. The number of phenolic OH excluding ortho intramolecular Hbond substituents is 1. The maximum atomic E-state index is 11.3. The van der Waals surface area contributed by atoms with Crippen LogP contribution in [0.5, 0.6) is 5.75 Å². The molecule has 0 radical (unpaired) electrons. The highest BCUT2D eigenvalue weighted by Gasteiger charge is 2.27. The molecular weight excluding hydrogens is 394 g/mol. The maximum absolute atomic E-state index is 11.3. The molecule has 0 fully saturated rings. The van der Waals surface area contributed by atoms with Crippen LogP contribution in [0.2, 0.25) is 0 Å². The summed E-state index contributed by atoms with van der Waals surface area (Å²) in [5, 5.41) is 15.7. The summed E-state index contributed by atoms with van der Waals surface area (Å²) in [5.74, 6) is 0.696. The molecule has 5 aromatic rings.